The molecule has 0 spiro atoms. The van der Waals surface area contributed by atoms with Crippen LogP contribution in [-0.4, -0.2) is 27.6 Å². The van der Waals surface area contributed by atoms with Crippen LogP contribution >= 0.6 is 0 Å². The van der Waals surface area contributed by atoms with Crippen molar-refractivity contribution in [2.75, 3.05) is 11.9 Å². The summed E-state index contributed by atoms with van der Waals surface area (Å²) in [6.07, 6.45) is 4.72. The van der Waals surface area contributed by atoms with Crippen LogP contribution < -0.4 is 5.32 Å². The quantitative estimate of drug-likeness (QED) is 0.841. The lowest BCUT2D eigenvalue weighted by Crippen LogP contribution is -2.13. The molecule has 5 heteroatoms. The van der Waals surface area contributed by atoms with Crippen LogP contribution in [0.25, 0.3) is 0 Å². The van der Waals surface area contributed by atoms with E-state index >= 15 is 0 Å². The number of hydrogen-bond donors (Lipinski definition) is 2. The van der Waals surface area contributed by atoms with Crippen LogP contribution in [0, 0.1) is 18.8 Å². The van der Waals surface area contributed by atoms with Crippen LogP contribution in [-0.2, 0) is 0 Å². The summed E-state index contributed by atoms with van der Waals surface area (Å²) in [6.45, 7) is 1.94. The van der Waals surface area contributed by atoms with Crippen LogP contribution in [0.15, 0.2) is 36.9 Å². The first-order valence-electron chi connectivity index (χ1n) is 6.47. The summed E-state index contributed by atoms with van der Waals surface area (Å²) in [4.78, 5) is 19.7. The number of carbonyl (C=O) groups excluding carboxylic acids is 1. The highest BCUT2D eigenvalue weighted by atomic mass is 16.2. The van der Waals surface area contributed by atoms with Crippen molar-refractivity contribution in [1.29, 1.82) is 0 Å². The first-order valence-corrected chi connectivity index (χ1v) is 6.47. The zero-order chi connectivity index (χ0) is 15.1. The Bertz CT molecular complexity index is 688. The SMILES string of the molecule is Cc1ccc(C#CCCO)cc1NC(=O)c1cncnc1. The Morgan fingerprint density at radius 1 is 1.33 bits per heavy atom. The van der Waals surface area contributed by atoms with Gasteiger partial charge in [0.2, 0.25) is 0 Å². The van der Waals surface area contributed by atoms with E-state index < -0.39 is 0 Å². The Labute approximate surface area is 123 Å². The number of aryl methyl sites for hydroxylation is 1. The monoisotopic (exact) mass is 281 g/mol. The minimum atomic E-state index is -0.265. The number of carbonyl (C=O) groups is 1. The highest BCUT2D eigenvalue weighted by Crippen LogP contribution is 2.17. The zero-order valence-corrected chi connectivity index (χ0v) is 11.6. The van der Waals surface area contributed by atoms with Crippen LogP contribution in [0.2, 0.25) is 0 Å². The molecule has 106 valence electrons. The van der Waals surface area contributed by atoms with E-state index in [0.29, 0.717) is 17.7 Å². The highest BCUT2D eigenvalue weighted by Gasteiger charge is 2.08. The topological polar surface area (TPSA) is 75.1 Å². The first kappa shape index (κ1) is 14.7. The Morgan fingerprint density at radius 3 is 2.81 bits per heavy atom. The molecular weight excluding hydrogens is 266 g/mol. The molecule has 0 aliphatic heterocycles. The van der Waals surface area contributed by atoms with Gasteiger partial charge in [0.15, 0.2) is 0 Å². The van der Waals surface area contributed by atoms with Crippen LogP contribution in [0.4, 0.5) is 5.69 Å². The largest absolute Gasteiger partial charge is 0.395 e. The van der Waals surface area contributed by atoms with Gasteiger partial charge in [-0.2, -0.15) is 0 Å². The van der Waals surface area contributed by atoms with Crippen LogP contribution in [0.3, 0.4) is 0 Å². The molecule has 21 heavy (non-hydrogen) atoms. The van der Waals surface area contributed by atoms with Gasteiger partial charge in [-0.05, 0) is 24.6 Å². The second-order valence-corrected chi connectivity index (χ2v) is 4.39. The molecule has 0 saturated carbocycles. The van der Waals surface area contributed by atoms with E-state index in [1.807, 2.05) is 19.1 Å². The maximum absolute atomic E-state index is 12.1. The van der Waals surface area contributed by atoms with E-state index in [0.717, 1.165) is 11.1 Å². The number of aromatic nitrogens is 2. The highest BCUT2D eigenvalue weighted by molar-refractivity contribution is 6.04. The minimum Gasteiger partial charge on any atom is -0.395 e. The standard InChI is InChI=1S/C16H15N3O2/c1-12-5-6-13(4-2-3-7-20)8-15(12)19-16(21)14-9-17-11-18-10-14/h5-6,8-11,20H,3,7H2,1H3,(H,19,21). The number of benzene rings is 1. The molecule has 0 atom stereocenters. The van der Waals surface area contributed by atoms with Gasteiger partial charge in [-0.15, -0.1) is 0 Å². The Morgan fingerprint density at radius 2 is 2.10 bits per heavy atom. The maximum atomic E-state index is 12.1. The van der Waals surface area contributed by atoms with E-state index in [9.17, 15) is 4.79 Å². The molecule has 0 fully saturated rings. The normalized spacial score (nSPS) is 9.62. The molecule has 2 aromatic rings. The summed E-state index contributed by atoms with van der Waals surface area (Å²) in [5.74, 6) is 5.53. The molecular formula is C16H15N3O2. The molecule has 0 aliphatic rings. The van der Waals surface area contributed by atoms with Gasteiger partial charge in [-0.3, -0.25) is 4.79 Å². The van der Waals surface area contributed by atoms with Gasteiger partial charge >= 0.3 is 0 Å². The molecule has 1 amide bonds. The fourth-order valence-corrected chi connectivity index (χ4v) is 1.67. The maximum Gasteiger partial charge on any atom is 0.258 e. The average Bonchev–Trinajstić information content (AvgIpc) is 2.51. The first-order chi connectivity index (χ1) is 10.2. The van der Waals surface area contributed by atoms with Gasteiger partial charge < -0.3 is 10.4 Å². The Balaban J connectivity index is 2.18. The van der Waals surface area contributed by atoms with Gasteiger partial charge in [0.25, 0.3) is 5.91 Å². The van der Waals surface area contributed by atoms with Crippen LogP contribution in [0.1, 0.15) is 27.9 Å². The van der Waals surface area contributed by atoms with Crippen molar-refractivity contribution in [2.45, 2.75) is 13.3 Å². The predicted molar refractivity (Wildman–Crippen MR) is 79.7 cm³/mol. The predicted octanol–water partition coefficient (Wildman–Crippen LogP) is 1.77. The number of nitrogens with one attached hydrogen (secondary N) is 1. The lowest BCUT2D eigenvalue weighted by Gasteiger charge is -2.08. The van der Waals surface area contributed by atoms with Crippen LogP contribution in [0.5, 0.6) is 0 Å². The number of anilines is 1. The molecule has 0 saturated heterocycles. The summed E-state index contributed by atoms with van der Waals surface area (Å²) in [7, 11) is 0. The van der Waals surface area contributed by atoms with Crippen molar-refractivity contribution < 1.29 is 9.90 Å². The van der Waals surface area contributed by atoms with Gasteiger partial charge in [-0.1, -0.05) is 17.9 Å². The van der Waals surface area contributed by atoms with Gasteiger partial charge in [0, 0.05) is 30.1 Å². The second kappa shape index (κ2) is 7.17. The third kappa shape index (κ3) is 4.13. The number of nitrogens with zero attached hydrogens (tertiary/aromatic N) is 2. The minimum absolute atomic E-state index is 0.0382. The molecule has 2 N–H and O–H groups in total. The van der Waals surface area contributed by atoms with Gasteiger partial charge in [-0.25, -0.2) is 9.97 Å². The van der Waals surface area contributed by atoms with Crippen molar-refractivity contribution in [1.82, 2.24) is 9.97 Å². The molecule has 1 aromatic carbocycles. The third-order valence-electron chi connectivity index (χ3n) is 2.78. The summed E-state index contributed by atoms with van der Waals surface area (Å²) >= 11 is 0. The lowest BCUT2D eigenvalue weighted by atomic mass is 10.1. The smallest absolute Gasteiger partial charge is 0.258 e. The molecule has 0 bridgehead atoms. The van der Waals surface area contributed by atoms with Crippen molar-refractivity contribution in [3.63, 3.8) is 0 Å². The molecule has 0 unspecified atom stereocenters. The van der Waals surface area contributed by atoms with Crippen molar-refractivity contribution >= 4 is 11.6 Å². The summed E-state index contributed by atoms with van der Waals surface area (Å²) < 4.78 is 0. The fourth-order valence-electron chi connectivity index (χ4n) is 1.67. The third-order valence-corrected chi connectivity index (χ3v) is 2.78. The Hall–Kier alpha value is -2.71. The van der Waals surface area contributed by atoms with E-state index in [1.165, 1.54) is 18.7 Å². The molecule has 5 nitrogen and oxygen atoms in total. The lowest BCUT2D eigenvalue weighted by molar-refractivity contribution is 0.102. The van der Waals surface area contributed by atoms with Crippen molar-refractivity contribution in [3.05, 3.63) is 53.6 Å². The summed E-state index contributed by atoms with van der Waals surface area (Å²) in [6, 6.07) is 5.57. The fraction of sp³-hybridized carbons (Fsp3) is 0.188. The number of aliphatic hydroxyl groups is 1. The molecule has 0 radical (unpaired) electrons. The van der Waals surface area contributed by atoms with Crippen molar-refractivity contribution in [3.8, 4) is 11.8 Å². The van der Waals surface area contributed by atoms with Gasteiger partial charge in [0.1, 0.15) is 6.33 Å². The van der Waals surface area contributed by atoms with E-state index in [1.54, 1.807) is 6.07 Å². The van der Waals surface area contributed by atoms with Crippen molar-refractivity contribution in [2.24, 2.45) is 0 Å². The molecule has 0 aliphatic carbocycles. The average molecular weight is 281 g/mol. The number of aliphatic hydroxyl groups excluding tert-OH is 1. The second-order valence-electron chi connectivity index (χ2n) is 4.39. The number of hydrogen-bond acceptors (Lipinski definition) is 4. The van der Waals surface area contributed by atoms with Gasteiger partial charge in [0.05, 0.1) is 12.2 Å². The molecule has 1 heterocycles. The molecule has 2 rings (SSSR count). The summed E-state index contributed by atoms with van der Waals surface area (Å²) in [5.41, 5.74) is 2.81. The number of rotatable bonds is 3. The number of amides is 1. The zero-order valence-electron chi connectivity index (χ0n) is 11.6. The molecule has 1 aromatic heterocycles. The van der Waals surface area contributed by atoms with E-state index in [2.05, 4.69) is 27.1 Å². The van der Waals surface area contributed by atoms with E-state index in [-0.39, 0.29) is 12.5 Å². The summed E-state index contributed by atoms with van der Waals surface area (Å²) in [5, 5.41) is 11.5. The Kier molecular flexibility index (Phi) is 5.02. The van der Waals surface area contributed by atoms with E-state index in [4.69, 9.17) is 5.11 Å².